The minimum Gasteiger partial charge on any atom is -0.456 e. The van der Waals surface area contributed by atoms with Gasteiger partial charge in [0.2, 0.25) is 0 Å². The molecule has 0 amide bonds. The third-order valence-corrected chi connectivity index (χ3v) is 15.0. The maximum Gasteiger partial charge on any atom is 0.135 e. The summed E-state index contributed by atoms with van der Waals surface area (Å²) in [6.45, 7) is 13.3. The zero-order valence-corrected chi connectivity index (χ0v) is 40.0. The predicted molar refractivity (Wildman–Crippen MR) is 294 cm³/mol. The molecule has 10 aromatic carbocycles. The van der Waals surface area contributed by atoms with Crippen LogP contribution in [-0.4, -0.2) is 9.13 Å². The lowest BCUT2D eigenvalue weighted by atomic mass is 9.92. The summed E-state index contributed by atoms with van der Waals surface area (Å²) < 4.78 is 17.5. The molecule has 0 spiro atoms. The molecule has 14 rings (SSSR count). The van der Waals surface area contributed by atoms with Crippen molar-refractivity contribution >= 4 is 87.5 Å². The summed E-state index contributed by atoms with van der Waals surface area (Å²) in [6, 6.07) is 67.3. The van der Waals surface area contributed by atoms with Crippen LogP contribution in [0, 0.1) is 41.5 Å². The number of aromatic nitrogens is 2. The first-order chi connectivity index (χ1) is 34.1. The van der Waals surface area contributed by atoms with Crippen LogP contribution in [0.2, 0.25) is 0 Å². The van der Waals surface area contributed by atoms with Gasteiger partial charge >= 0.3 is 0 Å². The summed E-state index contributed by atoms with van der Waals surface area (Å²) in [5, 5.41) is 9.34. The van der Waals surface area contributed by atoms with E-state index in [1.54, 1.807) is 0 Å². The Balaban J connectivity index is 1.00. The van der Waals surface area contributed by atoms with Gasteiger partial charge in [0.25, 0.3) is 0 Å². The van der Waals surface area contributed by atoms with E-state index in [2.05, 4.69) is 221 Å². The monoisotopic (exact) mass is 900 g/mol. The van der Waals surface area contributed by atoms with Crippen LogP contribution < -0.4 is 0 Å². The van der Waals surface area contributed by atoms with Crippen LogP contribution in [0.4, 0.5) is 0 Å². The fraction of sp³-hybridized carbons (Fsp3) is 0.0909. The summed E-state index contributed by atoms with van der Waals surface area (Å²) in [7, 11) is 0. The molecule has 0 radical (unpaired) electrons. The lowest BCUT2D eigenvalue weighted by molar-refractivity contribution is 0.668. The van der Waals surface area contributed by atoms with Crippen molar-refractivity contribution in [3.63, 3.8) is 0 Å². The van der Waals surface area contributed by atoms with E-state index >= 15 is 0 Å². The molecule has 0 N–H and O–H groups in total. The van der Waals surface area contributed by atoms with Crippen molar-refractivity contribution in [3.05, 3.63) is 215 Å². The minimum atomic E-state index is 0.893. The largest absolute Gasteiger partial charge is 0.456 e. The first-order valence-corrected chi connectivity index (χ1v) is 24.3. The van der Waals surface area contributed by atoms with Crippen LogP contribution in [-0.2, 0) is 0 Å². The molecule has 14 aromatic rings. The summed E-state index contributed by atoms with van der Waals surface area (Å²) in [6.07, 6.45) is 0. The molecule has 4 nitrogen and oxygen atoms in total. The lowest BCUT2D eigenvalue weighted by Crippen LogP contribution is -1.94. The number of para-hydroxylation sites is 2. The highest BCUT2D eigenvalue weighted by atomic mass is 16.3. The number of aryl methyl sites for hydroxylation is 6. The molecular formula is C66H48N2O2. The highest BCUT2D eigenvalue weighted by Gasteiger charge is 2.21. The zero-order chi connectivity index (χ0) is 47.1. The van der Waals surface area contributed by atoms with E-state index in [1.165, 1.54) is 99.3 Å². The van der Waals surface area contributed by atoms with Crippen molar-refractivity contribution in [2.75, 3.05) is 0 Å². The van der Waals surface area contributed by atoms with Crippen molar-refractivity contribution in [2.24, 2.45) is 0 Å². The second-order valence-corrected chi connectivity index (χ2v) is 19.7. The Morgan fingerprint density at radius 2 is 0.600 bits per heavy atom. The van der Waals surface area contributed by atoms with Crippen molar-refractivity contribution < 1.29 is 8.83 Å². The van der Waals surface area contributed by atoms with Gasteiger partial charge in [-0.15, -0.1) is 0 Å². The van der Waals surface area contributed by atoms with Gasteiger partial charge in [0.15, 0.2) is 0 Å². The molecule has 4 heterocycles. The van der Waals surface area contributed by atoms with Crippen LogP contribution in [0.25, 0.3) is 132 Å². The SMILES string of the molecule is Cc1cc(C)c(-c2ccc3c(c2)c2cc(-c4ccc5c(c4)c4cc(-c6c(C)cc(C)cc6C)ccc4n5-c4ccc5oc6ccccc6c5c4)ccc2n3-c2ccc3oc4ccccc4c3c2)c(C)c1. The third kappa shape index (κ3) is 6.02. The van der Waals surface area contributed by atoms with Crippen LogP contribution >= 0.6 is 0 Å². The Bertz CT molecular complexity index is 4210. The molecule has 0 fully saturated rings. The molecule has 0 atom stereocenters. The second kappa shape index (κ2) is 14.9. The molecule has 70 heavy (non-hydrogen) atoms. The number of rotatable bonds is 5. The highest BCUT2D eigenvalue weighted by Crippen LogP contribution is 2.43. The van der Waals surface area contributed by atoms with Gasteiger partial charge in [-0.25, -0.2) is 0 Å². The van der Waals surface area contributed by atoms with Gasteiger partial charge < -0.3 is 18.0 Å². The zero-order valence-electron chi connectivity index (χ0n) is 40.0. The van der Waals surface area contributed by atoms with Gasteiger partial charge in [0, 0.05) is 54.5 Å². The van der Waals surface area contributed by atoms with E-state index < -0.39 is 0 Å². The number of fused-ring (bicyclic) bond motifs is 12. The number of benzene rings is 10. The molecule has 4 heteroatoms. The first-order valence-electron chi connectivity index (χ1n) is 24.3. The van der Waals surface area contributed by atoms with Gasteiger partial charge in [-0.05, 0) is 194 Å². The van der Waals surface area contributed by atoms with E-state index in [1.807, 2.05) is 12.1 Å². The fourth-order valence-electron chi connectivity index (χ4n) is 12.3. The first kappa shape index (κ1) is 40.5. The van der Waals surface area contributed by atoms with Gasteiger partial charge in [0.1, 0.15) is 22.3 Å². The Kier molecular flexibility index (Phi) is 8.64. The quantitative estimate of drug-likeness (QED) is 0.173. The van der Waals surface area contributed by atoms with E-state index in [0.29, 0.717) is 0 Å². The maximum atomic E-state index is 6.30. The molecule has 0 aliphatic heterocycles. The highest BCUT2D eigenvalue weighted by molar-refractivity contribution is 6.15. The number of hydrogen-bond donors (Lipinski definition) is 0. The molecule has 0 saturated carbocycles. The summed E-state index contributed by atoms with van der Waals surface area (Å²) >= 11 is 0. The Labute approximate surface area is 405 Å². The van der Waals surface area contributed by atoms with Crippen LogP contribution in [0.5, 0.6) is 0 Å². The predicted octanol–water partition coefficient (Wildman–Crippen LogP) is 18.5. The summed E-state index contributed by atoms with van der Waals surface area (Å²) in [5.74, 6) is 0. The second-order valence-electron chi connectivity index (χ2n) is 19.7. The number of furan rings is 2. The number of nitrogens with zero attached hydrogens (tertiary/aromatic N) is 2. The molecule has 0 unspecified atom stereocenters. The Morgan fingerprint density at radius 3 is 0.986 bits per heavy atom. The standard InChI is InChI=1S/C66H48N2O2/c1-37-27-39(3)65(40(4)28-37)45-17-23-59-53(33-45)51-31-43(15-21-57(51)67(59)47-19-25-63-55(35-47)49-11-7-9-13-61(49)69-63)44-16-22-58-52(32-44)54-34-46(66-41(5)29-38(2)30-42(66)6)18-24-60(54)68(58)48-20-26-64-56(36-48)50-12-8-10-14-62(50)70-64/h7-36H,1-6H3. The van der Waals surface area contributed by atoms with Gasteiger partial charge in [0.05, 0.1) is 22.1 Å². The average Bonchev–Trinajstić information content (AvgIpc) is 4.10. The maximum absolute atomic E-state index is 6.30. The summed E-state index contributed by atoms with van der Waals surface area (Å²) in [5.41, 5.74) is 25.6. The molecule has 0 aliphatic carbocycles. The van der Waals surface area contributed by atoms with E-state index in [4.69, 9.17) is 8.83 Å². The van der Waals surface area contributed by atoms with Gasteiger partial charge in [-0.1, -0.05) is 96.1 Å². The van der Waals surface area contributed by atoms with Crippen LogP contribution in [0.15, 0.2) is 191 Å². The third-order valence-electron chi connectivity index (χ3n) is 15.0. The van der Waals surface area contributed by atoms with Gasteiger partial charge in [-0.3, -0.25) is 0 Å². The van der Waals surface area contributed by atoms with Crippen molar-refractivity contribution in [1.82, 2.24) is 9.13 Å². The Hall–Kier alpha value is -8.60. The van der Waals surface area contributed by atoms with Gasteiger partial charge in [-0.2, -0.15) is 0 Å². The molecule has 4 aromatic heterocycles. The summed E-state index contributed by atoms with van der Waals surface area (Å²) in [4.78, 5) is 0. The lowest BCUT2D eigenvalue weighted by Gasteiger charge is -2.13. The number of hydrogen-bond acceptors (Lipinski definition) is 2. The molecule has 0 saturated heterocycles. The van der Waals surface area contributed by atoms with Crippen molar-refractivity contribution in [3.8, 4) is 44.8 Å². The van der Waals surface area contributed by atoms with Crippen LogP contribution in [0.1, 0.15) is 33.4 Å². The molecule has 0 aliphatic rings. The fourth-order valence-corrected chi connectivity index (χ4v) is 12.3. The van der Waals surface area contributed by atoms with E-state index in [-0.39, 0.29) is 0 Å². The smallest absolute Gasteiger partial charge is 0.135 e. The molecule has 334 valence electrons. The van der Waals surface area contributed by atoms with Crippen molar-refractivity contribution in [2.45, 2.75) is 41.5 Å². The average molecular weight is 901 g/mol. The Morgan fingerprint density at radius 1 is 0.271 bits per heavy atom. The minimum absolute atomic E-state index is 0.893. The van der Waals surface area contributed by atoms with Crippen molar-refractivity contribution in [1.29, 1.82) is 0 Å². The topological polar surface area (TPSA) is 36.1 Å². The molecule has 0 bridgehead atoms. The normalized spacial score (nSPS) is 12.1. The van der Waals surface area contributed by atoms with E-state index in [0.717, 1.165) is 66.3 Å². The van der Waals surface area contributed by atoms with E-state index in [9.17, 15) is 0 Å². The molecular weight excluding hydrogens is 853 g/mol. The van der Waals surface area contributed by atoms with Crippen LogP contribution in [0.3, 0.4) is 0 Å².